The molecule has 0 aliphatic heterocycles. The maximum absolute atomic E-state index is 13.4. The fourth-order valence-electron chi connectivity index (χ4n) is 1.44. The molecule has 0 atom stereocenters. The Balaban J connectivity index is 2.36. The van der Waals surface area contributed by atoms with Crippen LogP contribution < -0.4 is 10.5 Å². The van der Waals surface area contributed by atoms with Crippen molar-refractivity contribution in [1.82, 2.24) is 10.2 Å². The monoisotopic (exact) mass is 299 g/mol. The van der Waals surface area contributed by atoms with E-state index in [9.17, 15) is 12.8 Å². The molecule has 0 aliphatic carbocycles. The van der Waals surface area contributed by atoms with E-state index in [0.29, 0.717) is 0 Å². The van der Waals surface area contributed by atoms with Crippen LogP contribution in [-0.4, -0.2) is 29.7 Å². The molecular formula is C10H10FN5O3S. The van der Waals surface area contributed by atoms with Crippen LogP contribution in [0.25, 0.3) is 0 Å². The van der Waals surface area contributed by atoms with Crippen LogP contribution in [0.1, 0.15) is 5.56 Å². The first kappa shape index (κ1) is 13.8. The largest absolute Gasteiger partial charge is 0.409 e. The summed E-state index contributed by atoms with van der Waals surface area (Å²) >= 11 is 0. The van der Waals surface area contributed by atoms with Gasteiger partial charge in [0.2, 0.25) is 0 Å². The van der Waals surface area contributed by atoms with Gasteiger partial charge >= 0.3 is 0 Å². The van der Waals surface area contributed by atoms with Gasteiger partial charge in [0, 0.05) is 5.69 Å². The number of nitrogens with two attached hydrogens (primary N) is 1. The summed E-state index contributed by atoms with van der Waals surface area (Å²) in [5.74, 6) is -1.21. The van der Waals surface area contributed by atoms with Crippen LogP contribution in [0.4, 0.5) is 10.1 Å². The number of aromatic amines is 1. The Bertz CT molecular complexity index is 742. The molecule has 0 saturated heterocycles. The molecule has 1 aromatic heterocycles. The van der Waals surface area contributed by atoms with E-state index < -0.39 is 21.7 Å². The molecule has 0 amide bonds. The summed E-state index contributed by atoms with van der Waals surface area (Å²) in [5, 5.41) is 16.9. The standard InChI is InChI=1S/C10H10FN5O3S/c11-8-2-1-6(5-7(8)10(12)15-17)16-20(18,19)9-3-4-13-14-9/h1-5,16-17H,(H2,12,15)(H,13,14). The Hall–Kier alpha value is -2.62. The van der Waals surface area contributed by atoms with Crippen molar-refractivity contribution in [2.75, 3.05) is 4.72 Å². The van der Waals surface area contributed by atoms with Crippen molar-refractivity contribution in [1.29, 1.82) is 0 Å². The molecule has 8 nitrogen and oxygen atoms in total. The van der Waals surface area contributed by atoms with Crippen LogP contribution in [0.2, 0.25) is 0 Å². The molecule has 0 aliphatic rings. The van der Waals surface area contributed by atoms with Crippen LogP contribution in [0.5, 0.6) is 0 Å². The second-order valence-corrected chi connectivity index (χ2v) is 5.36. The lowest BCUT2D eigenvalue weighted by Gasteiger charge is -2.08. The van der Waals surface area contributed by atoms with Crippen molar-refractivity contribution in [3.63, 3.8) is 0 Å². The third kappa shape index (κ3) is 2.69. The molecule has 10 heteroatoms. The third-order valence-electron chi connectivity index (χ3n) is 2.37. The lowest BCUT2D eigenvalue weighted by Crippen LogP contribution is -2.17. The second kappa shape index (κ2) is 5.17. The molecule has 0 fully saturated rings. The number of anilines is 1. The smallest absolute Gasteiger partial charge is 0.278 e. The van der Waals surface area contributed by atoms with Crippen LogP contribution >= 0.6 is 0 Å². The molecular weight excluding hydrogens is 289 g/mol. The van der Waals surface area contributed by atoms with E-state index >= 15 is 0 Å². The number of sulfonamides is 1. The molecule has 0 unspecified atom stereocenters. The van der Waals surface area contributed by atoms with E-state index in [-0.39, 0.29) is 16.3 Å². The number of benzene rings is 1. The van der Waals surface area contributed by atoms with Gasteiger partial charge in [-0.05, 0) is 24.3 Å². The van der Waals surface area contributed by atoms with Crippen molar-refractivity contribution in [2.45, 2.75) is 5.03 Å². The second-order valence-electron chi connectivity index (χ2n) is 3.71. The van der Waals surface area contributed by atoms with Crippen molar-refractivity contribution in [2.24, 2.45) is 10.9 Å². The normalized spacial score (nSPS) is 12.3. The van der Waals surface area contributed by atoms with E-state index in [1.54, 1.807) is 0 Å². The number of oxime groups is 1. The number of rotatable bonds is 4. The maximum atomic E-state index is 13.4. The van der Waals surface area contributed by atoms with Crippen LogP contribution in [0.15, 0.2) is 40.6 Å². The maximum Gasteiger partial charge on any atom is 0.278 e. The minimum Gasteiger partial charge on any atom is -0.409 e. The Labute approximate surface area is 113 Å². The highest BCUT2D eigenvalue weighted by atomic mass is 32.2. The quantitative estimate of drug-likeness (QED) is 0.281. The lowest BCUT2D eigenvalue weighted by molar-refractivity contribution is 0.318. The number of hydrogen-bond donors (Lipinski definition) is 4. The summed E-state index contributed by atoms with van der Waals surface area (Å²) in [4.78, 5) is 0. The Morgan fingerprint density at radius 3 is 2.80 bits per heavy atom. The number of aromatic nitrogens is 2. The first-order chi connectivity index (χ1) is 9.44. The number of nitrogens with zero attached hydrogens (tertiary/aromatic N) is 2. The van der Waals surface area contributed by atoms with E-state index in [1.807, 2.05) is 0 Å². The fourth-order valence-corrected chi connectivity index (χ4v) is 2.40. The molecule has 2 rings (SSSR count). The van der Waals surface area contributed by atoms with E-state index in [4.69, 9.17) is 10.9 Å². The van der Waals surface area contributed by atoms with Gasteiger partial charge in [-0.2, -0.15) is 13.5 Å². The number of H-pyrrole nitrogens is 1. The Morgan fingerprint density at radius 2 is 2.20 bits per heavy atom. The molecule has 0 radical (unpaired) electrons. The minimum absolute atomic E-state index is 0.0580. The molecule has 1 heterocycles. The molecule has 20 heavy (non-hydrogen) atoms. The number of nitrogens with one attached hydrogen (secondary N) is 2. The van der Waals surface area contributed by atoms with Gasteiger partial charge in [0.25, 0.3) is 10.0 Å². The zero-order valence-corrected chi connectivity index (χ0v) is 10.7. The average molecular weight is 299 g/mol. The van der Waals surface area contributed by atoms with Crippen molar-refractivity contribution < 1.29 is 18.0 Å². The van der Waals surface area contributed by atoms with Crippen molar-refractivity contribution in [3.8, 4) is 0 Å². The van der Waals surface area contributed by atoms with Gasteiger partial charge in [0.1, 0.15) is 5.82 Å². The van der Waals surface area contributed by atoms with Gasteiger partial charge in [-0.3, -0.25) is 9.82 Å². The number of hydrogen-bond acceptors (Lipinski definition) is 5. The summed E-state index contributed by atoms with van der Waals surface area (Å²) < 4.78 is 39.5. The van der Waals surface area contributed by atoms with Gasteiger partial charge in [-0.1, -0.05) is 5.16 Å². The van der Waals surface area contributed by atoms with E-state index in [0.717, 1.165) is 12.1 Å². The molecule has 0 saturated carbocycles. The molecule has 1 aromatic carbocycles. The first-order valence-electron chi connectivity index (χ1n) is 5.23. The van der Waals surface area contributed by atoms with Crippen molar-refractivity contribution >= 4 is 21.5 Å². The number of halogens is 1. The van der Waals surface area contributed by atoms with Crippen LogP contribution in [-0.2, 0) is 10.0 Å². The molecule has 2 aromatic rings. The number of amidine groups is 1. The molecule has 0 bridgehead atoms. The minimum atomic E-state index is -3.87. The Kier molecular flexibility index (Phi) is 3.57. The molecule has 0 spiro atoms. The molecule has 5 N–H and O–H groups in total. The summed E-state index contributed by atoms with van der Waals surface area (Å²) in [5.41, 5.74) is 5.12. The fraction of sp³-hybridized carbons (Fsp3) is 0. The van der Waals surface area contributed by atoms with Crippen LogP contribution in [0, 0.1) is 5.82 Å². The molecule has 106 valence electrons. The van der Waals surface area contributed by atoms with Crippen molar-refractivity contribution in [3.05, 3.63) is 41.8 Å². The topological polar surface area (TPSA) is 133 Å². The van der Waals surface area contributed by atoms with Gasteiger partial charge in [-0.25, -0.2) is 4.39 Å². The van der Waals surface area contributed by atoms with Crippen LogP contribution in [0.3, 0.4) is 0 Å². The van der Waals surface area contributed by atoms with Gasteiger partial charge in [-0.15, -0.1) is 0 Å². The van der Waals surface area contributed by atoms with Gasteiger partial charge < -0.3 is 10.9 Å². The predicted octanol–water partition coefficient (Wildman–Crippen LogP) is 0.444. The highest BCUT2D eigenvalue weighted by Crippen LogP contribution is 2.18. The lowest BCUT2D eigenvalue weighted by atomic mass is 10.2. The summed E-state index contributed by atoms with van der Waals surface area (Å²) in [6, 6.07) is 4.57. The zero-order valence-electron chi connectivity index (χ0n) is 9.91. The third-order valence-corrected chi connectivity index (χ3v) is 3.68. The summed E-state index contributed by atoms with van der Waals surface area (Å²) in [6.07, 6.45) is 1.28. The van der Waals surface area contributed by atoms with Gasteiger partial charge in [0.15, 0.2) is 10.9 Å². The summed E-state index contributed by atoms with van der Waals surface area (Å²) in [7, 11) is -3.87. The highest BCUT2D eigenvalue weighted by Gasteiger charge is 2.17. The first-order valence-corrected chi connectivity index (χ1v) is 6.72. The Morgan fingerprint density at radius 1 is 1.45 bits per heavy atom. The SMILES string of the molecule is N/C(=N/O)c1cc(NS(=O)(=O)c2ccn[nH]2)ccc1F. The highest BCUT2D eigenvalue weighted by molar-refractivity contribution is 7.92. The predicted molar refractivity (Wildman–Crippen MR) is 68.3 cm³/mol. The van der Waals surface area contributed by atoms with E-state index in [1.165, 1.54) is 18.3 Å². The zero-order chi connectivity index (χ0) is 14.8. The average Bonchev–Trinajstić information content (AvgIpc) is 2.94. The summed E-state index contributed by atoms with van der Waals surface area (Å²) in [6.45, 7) is 0. The van der Waals surface area contributed by atoms with E-state index in [2.05, 4.69) is 20.1 Å². The van der Waals surface area contributed by atoms with Gasteiger partial charge in [0.05, 0.1) is 11.8 Å².